The fourth-order valence-electron chi connectivity index (χ4n) is 2.79. The Bertz CT molecular complexity index is 1210. The van der Waals surface area contributed by atoms with E-state index in [9.17, 15) is 4.39 Å². The SMILES string of the molecule is COc1cc2c(Nc3ccc(Br)cc3F)ncnc2cc1OCCn1cc(I)nn1. The lowest BCUT2D eigenvalue weighted by Gasteiger charge is -2.14. The van der Waals surface area contributed by atoms with Crippen LogP contribution in [0.3, 0.4) is 0 Å². The molecule has 0 amide bonds. The minimum absolute atomic E-state index is 0.306. The molecule has 0 atom stereocenters. The first-order valence-electron chi connectivity index (χ1n) is 8.77. The van der Waals surface area contributed by atoms with Gasteiger partial charge in [-0.05, 0) is 46.9 Å². The van der Waals surface area contributed by atoms with Crippen LogP contribution < -0.4 is 14.8 Å². The zero-order chi connectivity index (χ0) is 21.1. The van der Waals surface area contributed by atoms with Crippen molar-refractivity contribution >= 4 is 60.9 Å². The maximum Gasteiger partial charge on any atom is 0.163 e. The lowest BCUT2D eigenvalue weighted by molar-refractivity contribution is 0.273. The number of nitrogens with one attached hydrogen (secondary N) is 1. The number of anilines is 2. The molecule has 0 saturated carbocycles. The van der Waals surface area contributed by atoms with E-state index in [0.717, 1.165) is 3.70 Å². The van der Waals surface area contributed by atoms with E-state index >= 15 is 0 Å². The number of aromatic nitrogens is 5. The fraction of sp³-hybridized carbons (Fsp3) is 0.158. The van der Waals surface area contributed by atoms with Gasteiger partial charge in [0.2, 0.25) is 0 Å². The van der Waals surface area contributed by atoms with Crippen molar-refractivity contribution in [3.8, 4) is 11.5 Å². The van der Waals surface area contributed by atoms with Gasteiger partial charge in [-0.3, -0.25) is 0 Å². The van der Waals surface area contributed by atoms with Crippen LogP contribution in [0.5, 0.6) is 11.5 Å². The van der Waals surface area contributed by atoms with E-state index in [1.54, 1.807) is 36.1 Å². The predicted octanol–water partition coefficient (Wildman–Crippen LogP) is 4.56. The largest absolute Gasteiger partial charge is 0.493 e. The van der Waals surface area contributed by atoms with Crippen LogP contribution >= 0.6 is 38.5 Å². The minimum atomic E-state index is -0.397. The summed E-state index contributed by atoms with van der Waals surface area (Å²) in [7, 11) is 1.55. The summed E-state index contributed by atoms with van der Waals surface area (Å²) in [6, 6.07) is 8.30. The summed E-state index contributed by atoms with van der Waals surface area (Å²) in [6.45, 7) is 0.915. The standard InChI is InChI=1S/C19H15BrFIN6O2/c1-29-16-7-12-15(8-17(16)30-5-4-28-9-18(22)26-27-28)23-10-24-19(12)25-14-3-2-11(20)6-13(14)21/h2-3,6-10H,4-5H2,1H3,(H,23,24,25). The van der Waals surface area contributed by atoms with Crippen molar-refractivity contribution in [3.05, 3.63) is 56.8 Å². The van der Waals surface area contributed by atoms with Gasteiger partial charge in [-0.1, -0.05) is 21.1 Å². The Hall–Kier alpha value is -2.54. The Morgan fingerprint density at radius 3 is 2.80 bits per heavy atom. The number of benzene rings is 2. The molecular weight excluding hydrogens is 570 g/mol. The fourth-order valence-corrected chi connectivity index (χ4v) is 3.54. The summed E-state index contributed by atoms with van der Waals surface area (Å²) in [5, 5.41) is 11.6. The number of methoxy groups -OCH3 is 1. The van der Waals surface area contributed by atoms with Crippen LogP contribution in [-0.2, 0) is 6.54 Å². The second-order valence-corrected chi connectivity index (χ2v) is 8.17. The summed E-state index contributed by atoms with van der Waals surface area (Å²) < 4.78 is 28.8. The highest BCUT2D eigenvalue weighted by atomic mass is 127. The normalized spacial score (nSPS) is 10.9. The van der Waals surface area contributed by atoms with Gasteiger partial charge in [0, 0.05) is 15.9 Å². The number of halogens is 3. The van der Waals surface area contributed by atoms with Gasteiger partial charge < -0.3 is 14.8 Å². The van der Waals surface area contributed by atoms with Gasteiger partial charge in [0.05, 0.1) is 31.1 Å². The predicted molar refractivity (Wildman–Crippen MR) is 122 cm³/mol. The first-order valence-corrected chi connectivity index (χ1v) is 10.6. The number of rotatable bonds is 7. The highest BCUT2D eigenvalue weighted by Gasteiger charge is 2.13. The summed E-state index contributed by atoms with van der Waals surface area (Å²) in [6.07, 6.45) is 3.24. The van der Waals surface area contributed by atoms with Crippen LogP contribution in [0.15, 0.2) is 47.3 Å². The van der Waals surface area contributed by atoms with Gasteiger partial charge in [-0.2, -0.15) is 0 Å². The Kier molecular flexibility index (Phi) is 6.27. The molecule has 2 aromatic carbocycles. The molecule has 11 heteroatoms. The van der Waals surface area contributed by atoms with Crippen molar-refractivity contribution in [2.24, 2.45) is 0 Å². The summed E-state index contributed by atoms with van der Waals surface area (Å²) in [5.41, 5.74) is 0.941. The summed E-state index contributed by atoms with van der Waals surface area (Å²) >= 11 is 5.35. The quantitative estimate of drug-likeness (QED) is 0.319. The monoisotopic (exact) mass is 584 g/mol. The molecule has 4 aromatic rings. The third kappa shape index (κ3) is 4.61. The van der Waals surface area contributed by atoms with Gasteiger partial charge in [0.15, 0.2) is 11.5 Å². The number of fused-ring (bicyclic) bond motifs is 1. The molecule has 0 spiro atoms. The second-order valence-electron chi connectivity index (χ2n) is 6.14. The Morgan fingerprint density at radius 2 is 2.07 bits per heavy atom. The number of hydrogen-bond acceptors (Lipinski definition) is 7. The topological polar surface area (TPSA) is 87.0 Å². The van der Waals surface area contributed by atoms with Crippen LogP contribution in [0.2, 0.25) is 0 Å². The molecule has 0 aliphatic carbocycles. The van der Waals surface area contributed by atoms with E-state index in [2.05, 4.69) is 64.1 Å². The number of hydrogen-bond donors (Lipinski definition) is 1. The molecule has 2 aromatic heterocycles. The first-order chi connectivity index (χ1) is 14.5. The van der Waals surface area contributed by atoms with Gasteiger partial charge in [0.1, 0.15) is 28.3 Å². The second kappa shape index (κ2) is 9.08. The van der Waals surface area contributed by atoms with Crippen LogP contribution in [0, 0.1) is 9.52 Å². The Morgan fingerprint density at radius 1 is 1.20 bits per heavy atom. The lowest BCUT2D eigenvalue weighted by Crippen LogP contribution is -2.09. The molecule has 30 heavy (non-hydrogen) atoms. The van der Waals surface area contributed by atoms with Crippen molar-refractivity contribution in [3.63, 3.8) is 0 Å². The molecule has 8 nitrogen and oxygen atoms in total. The highest BCUT2D eigenvalue weighted by molar-refractivity contribution is 14.1. The smallest absolute Gasteiger partial charge is 0.163 e. The molecule has 0 saturated heterocycles. The van der Waals surface area contributed by atoms with Gasteiger partial charge in [-0.25, -0.2) is 19.0 Å². The van der Waals surface area contributed by atoms with Crippen molar-refractivity contribution in [2.45, 2.75) is 6.54 Å². The summed E-state index contributed by atoms with van der Waals surface area (Å²) in [5.74, 6) is 1.12. The first kappa shape index (κ1) is 20.7. The molecule has 0 bridgehead atoms. The molecule has 4 rings (SSSR count). The average molecular weight is 585 g/mol. The summed E-state index contributed by atoms with van der Waals surface area (Å²) in [4.78, 5) is 8.57. The lowest BCUT2D eigenvalue weighted by atomic mass is 10.2. The van der Waals surface area contributed by atoms with Crippen molar-refractivity contribution < 1.29 is 13.9 Å². The van der Waals surface area contributed by atoms with E-state index in [-0.39, 0.29) is 0 Å². The molecule has 0 aliphatic rings. The van der Waals surface area contributed by atoms with Crippen LogP contribution in [0.25, 0.3) is 10.9 Å². The number of nitrogens with zero attached hydrogens (tertiary/aromatic N) is 5. The molecule has 1 N–H and O–H groups in total. The van der Waals surface area contributed by atoms with Crippen molar-refractivity contribution in [1.82, 2.24) is 25.0 Å². The van der Waals surface area contributed by atoms with E-state index in [4.69, 9.17) is 9.47 Å². The van der Waals surface area contributed by atoms with E-state index < -0.39 is 5.82 Å². The molecule has 154 valence electrons. The third-order valence-corrected chi connectivity index (χ3v) is 5.18. The molecule has 2 heterocycles. The maximum absolute atomic E-state index is 14.2. The molecule has 0 unspecified atom stereocenters. The molecular formula is C19H15BrFIN6O2. The van der Waals surface area contributed by atoms with Crippen LogP contribution in [0.4, 0.5) is 15.9 Å². The molecule has 0 aliphatic heterocycles. The maximum atomic E-state index is 14.2. The Labute approximate surface area is 193 Å². The van der Waals surface area contributed by atoms with Gasteiger partial charge >= 0.3 is 0 Å². The zero-order valence-electron chi connectivity index (χ0n) is 15.6. The Balaban J connectivity index is 1.60. The molecule has 0 fully saturated rings. The van der Waals surface area contributed by atoms with E-state index in [1.807, 2.05) is 6.20 Å². The van der Waals surface area contributed by atoms with Crippen LogP contribution in [0.1, 0.15) is 0 Å². The zero-order valence-corrected chi connectivity index (χ0v) is 19.4. The van der Waals surface area contributed by atoms with Crippen molar-refractivity contribution in [1.29, 1.82) is 0 Å². The third-order valence-electron chi connectivity index (χ3n) is 4.19. The number of ether oxygens (including phenoxy) is 2. The van der Waals surface area contributed by atoms with E-state index in [1.165, 1.54) is 12.4 Å². The molecule has 0 radical (unpaired) electrons. The van der Waals surface area contributed by atoms with Gasteiger partial charge in [0.25, 0.3) is 0 Å². The van der Waals surface area contributed by atoms with Gasteiger partial charge in [-0.15, -0.1) is 5.10 Å². The average Bonchev–Trinajstić information content (AvgIpc) is 3.14. The van der Waals surface area contributed by atoms with E-state index in [0.29, 0.717) is 51.5 Å². The minimum Gasteiger partial charge on any atom is -0.493 e. The highest BCUT2D eigenvalue weighted by Crippen LogP contribution is 2.35. The van der Waals surface area contributed by atoms with Crippen molar-refractivity contribution in [2.75, 3.05) is 19.0 Å². The van der Waals surface area contributed by atoms with Crippen LogP contribution in [-0.4, -0.2) is 38.7 Å².